The van der Waals surface area contributed by atoms with E-state index in [1.165, 1.54) is 16.3 Å². The molecule has 6 nitrogen and oxygen atoms in total. The predicted octanol–water partition coefficient (Wildman–Crippen LogP) is 2.43. The Labute approximate surface area is 115 Å². The molecule has 6 heteroatoms. The quantitative estimate of drug-likeness (QED) is 0.635. The summed E-state index contributed by atoms with van der Waals surface area (Å²) in [6.07, 6.45) is 5.83. The highest BCUT2D eigenvalue weighted by Crippen LogP contribution is 2.27. The van der Waals surface area contributed by atoms with E-state index in [2.05, 4.69) is 4.98 Å². The molecule has 0 atom stereocenters. The van der Waals surface area contributed by atoms with Crippen LogP contribution in [0.25, 0.3) is 12.2 Å². The zero-order valence-corrected chi connectivity index (χ0v) is 10.9. The third-order valence-electron chi connectivity index (χ3n) is 3.33. The number of fused-ring (bicyclic) bond motifs is 1. The van der Waals surface area contributed by atoms with Crippen molar-refractivity contribution in [1.82, 2.24) is 9.55 Å². The standard InChI is InChI=1S/C14H13N3O3/c1-16-13(15-9-14(16)17(18)19)5-3-10-2-4-11-6-7-20-12(11)8-10/h2-5,8-9H,6-7H2,1H3/b5-3+. The highest BCUT2D eigenvalue weighted by Gasteiger charge is 2.14. The van der Waals surface area contributed by atoms with Crippen LogP contribution in [0.5, 0.6) is 5.75 Å². The lowest BCUT2D eigenvalue weighted by molar-refractivity contribution is -0.391. The minimum absolute atomic E-state index is 0.0260. The van der Waals surface area contributed by atoms with Crippen LogP contribution in [0.4, 0.5) is 5.82 Å². The SMILES string of the molecule is Cn1c([N+](=O)[O-])cnc1/C=C/c1ccc2c(c1)OCC2. The maximum atomic E-state index is 10.7. The fraction of sp³-hybridized carbons (Fsp3) is 0.214. The van der Waals surface area contributed by atoms with Gasteiger partial charge in [-0.05, 0) is 28.2 Å². The molecule has 1 aromatic carbocycles. The number of benzene rings is 1. The fourth-order valence-electron chi connectivity index (χ4n) is 2.20. The summed E-state index contributed by atoms with van der Waals surface area (Å²) in [5, 5.41) is 10.7. The van der Waals surface area contributed by atoms with Crippen LogP contribution >= 0.6 is 0 Å². The van der Waals surface area contributed by atoms with Gasteiger partial charge in [0.25, 0.3) is 0 Å². The van der Waals surface area contributed by atoms with Gasteiger partial charge in [0, 0.05) is 12.5 Å². The van der Waals surface area contributed by atoms with Crippen LogP contribution in [0.15, 0.2) is 24.4 Å². The van der Waals surface area contributed by atoms with Crippen molar-refractivity contribution in [2.45, 2.75) is 6.42 Å². The monoisotopic (exact) mass is 271 g/mol. The number of hydrogen-bond acceptors (Lipinski definition) is 4. The van der Waals surface area contributed by atoms with Gasteiger partial charge in [-0.2, -0.15) is 0 Å². The second kappa shape index (κ2) is 4.80. The van der Waals surface area contributed by atoms with Crippen molar-refractivity contribution in [3.05, 3.63) is 51.5 Å². The average molecular weight is 271 g/mol. The highest BCUT2D eigenvalue weighted by atomic mass is 16.6. The summed E-state index contributed by atoms with van der Waals surface area (Å²) < 4.78 is 6.95. The van der Waals surface area contributed by atoms with Crippen molar-refractivity contribution in [3.8, 4) is 5.75 Å². The number of nitrogens with zero attached hydrogens (tertiary/aromatic N) is 3. The number of hydrogen-bond donors (Lipinski definition) is 0. The summed E-state index contributed by atoms with van der Waals surface area (Å²) in [6.45, 7) is 0.730. The molecule has 0 radical (unpaired) electrons. The largest absolute Gasteiger partial charge is 0.493 e. The van der Waals surface area contributed by atoms with E-state index in [4.69, 9.17) is 4.74 Å². The van der Waals surface area contributed by atoms with E-state index >= 15 is 0 Å². The lowest BCUT2D eigenvalue weighted by atomic mass is 10.1. The third kappa shape index (κ3) is 2.16. The average Bonchev–Trinajstić information content (AvgIpc) is 3.02. The van der Waals surface area contributed by atoms with Crippen molar-refractivity contribution in [1.29, 1.82) is 0 Å². The zero-order chi connectivity index (χ0) is 14.1. The first-order valence-corrected chi connectivity index (χ1v) is 6.25. The van der Waals surface area contributed by atoms with Gasteiger partial charge in [-0.25, -0.2) is 9.55 Å². The highest BCUT2D eigenvalue weighted by molar-refractivity contribution is 5.68. The third-order valence-corrected chi connectivity index (χ3v) is 3.33. The number of ether oxygens (including phenoxy) is 1. The van der Waals surface area contributed by atoms with Crippen molar-refractivity contribution >= 4 is 18.0 Å². The van der Waals surface area contributed by atoms with E-state index < -0.39 is 4.92 Å². The van der Waals surface area contributed by atoms with Crippen LogP contribution in [0.1, 0.15) is 17.0 Å². The molecule has 102 valence electrons. The number of imidazole rings is 1. The minimum Gasteiger partial charge on any atom is -0.493 e. The Balaban J connectivity index is 1.85. The minimum atomic E-state index is -0.451. The second-order valence-electron chi connectivity index (χ2n) is 4.59. The summed E-state index contributed by atoms with van der Waals surface area (Å²) in [4.78, 5) is 14.3. The Kier molecular flexibility index (Phi) is 2.98. The molecule has 2 heterocycles. The Morgan fingerprint density at radius 2 is 2.30 bits per heavy atom. The fourth-order valence-corrected chi connectivity index (χ4v) is 2.20. The summed E-state index contributed by atoms with van der Waals surface area (Å²) in [6, 6.07) is 6.01. The van der Waals surface area contributed by atoms with Gasteiger partial charge < -0.3 is 14.9 Å². The molecule has 0 saturated heterocycles. The van der Waals surface area contributed by atoms with E-state index in [-0.39, 0.29) is 5.82 Å². The topological polar surface area (TPSA) is 70.2 Å². The van der Waals surface area contributed by atoms with Gasteiger partial charge in [0.1, 0.15) is 11.9 Å². The molecule has 0 fully saturated rings. The summed E-state index contributed by atoms with van der Waals surface area (Å²) in [5.74, 6) is 1.43. The van der Waals surface area contributed by atoms with E-state index in [1.807, 2.05) is 24.3 Å². The van der Waals surface area contributed by atoms with Crippen LogP contribution in [-0.2, 0) is 13.5 Å². The van der Waals surface area contributed by atoms with Crippen molar-refractivity contribution in [2.75, 3.05) is 6.61 Å². The predicted molar refractivity (Wildman–Crippen MR) is 74.4 cm³/mol. The number of nitro groups is 1. The molecule has 1 aromatic heterocycles. The van der Waals surface area contributed by atoms with Crippen molar-refractivity contribution in [2.24, 2.45) is 7.05 Å². The lowest BCUT2D eigenvalue weighted by Crippen LogP contribution is -1.98. The molecule has 1 aliphatic rings. The Hall–Kier alpha value is -2.63. The van der Waals surface area contributed by atoms with Gasteiger partial charge in [-0.3, -0.25) is 0 Å². The van der Waals surface area contributed by atoms with Gasteiger partial charge in [-0.1, -0.05) is 12.1 Å². The Morgan fingerprint density at radius 3 is 3.05 bits per heavy atom. The summed E-state index contributed by atoms with van der Waals surface area (Å²) in [7, 11) is 1.62. The van der Waals surface area contributed by atoms with Gasteiger partial charge in [0.15, 0.2) is 0 Å². The van der Waals surface area contributed by atoms with Crippen molar-refractivity contribution in [3.63, 3.8) is 0 Å². The first kappa shape index (κ1) is 12.4. The lowest BCUT2D eigenvalue weighted by Gasteiger charge is -1.99. The van der Waals surface area contributed by atoms with E-state index in [0.717, 1.165) is 24.3 Å². The Bertz CT molecular complexity index is 704. The molecule has 0 aliphatic carbocycles. The first-order valence-electron chi connectivity index (χ1n) is 6.25. The van der Waals surface area contributed by atoms with Gasteiger partial charge in [0.2, 0.25) is 5.82 Å². The molecule has 0 unspecified atom stereocenters. The number of aromatic nitrogens is 2. The van der Waals surface area contributed by atoms with Crippen molar-refractivity contribution < 1.29 is 9.66 Å². The maximum Gasteiger partial charge on any atom is 0.342 e. The molecule has 0 saturated carbocycles. The molecule has 0 bridgehead atoms. The first-order chi connectivity index (χ1) is 9.65. The molecule has 0 spiro atoms. The molecule has 3 rings (SSSR count). The molecule has 1 aliphatic heterocycles. The zero-order valence-electron chi connectivity index (χ0n) is 10.9. The van der Waals surface area contributed by atoms with Gasteiger partial charge in [-0.15, -0.1) is 0 Å². The van der Waals surface area contributed by atoms with Gasteiger partial charge in [0.05, 0.1) is 13.7 Å². The molecule has 20 heavy (non-hydrogen) atoms. The summed E-state index contributed by atoms with van der Waals surface area (Å²) in [5.41, 5.74) is 2.20. The van der Waals surface area contributed by atoms with Crippen LogP contribution < -0.4 is 4.74 Å². The van der Waals surface area contributed by atoms with Crippen LogP contribution in [-0.4, -0.2) is 21.1 Å². The molecule has 0 N–H and O–H groups in total. The van der Waals surface area contributed by atoms with E-state index in [0.29, 0.717) is 5.82 Å². The molecule has 2 aromatic rings. The van der Waals surface area contributed by atoms with E-state index in [1.54, 1.807) is 13.1 Å². The molecule has 0 amide bonds. The second-order valence-corrected chi connectivity index (χ2v) is 4.59. The van der Waals surface area contributed by atoms with Crippen LogP contribution in [0.2, 0.25) is 0 Å². The normalized spacial score (nSPS) is 13.4. The molecular weight excluding hydrogens is 258 g/mol. The van der Waals surface area contributed by atoms with Gasteiger partial charge >= 0.3 is 5.82 Å². The van der Waals surface area contributed by atoms with Crippen LogP contribution in [0, 0.1) is 10.1 Å². The number of rotatable bonds is 3. The van der Waals surface area contributed by atoms with E-state index in [9.17, 15) is 10.1 Å². The molecular formula is C14H13N3O3. The van der Waals surface area contributed by atoms with Crippen LogP contribution in [0.3, 0.4) is 0 Å². The maximum absolute atomic E-state index is 10.7. The smallest absolute Gasteiger partial charge is 0.342 e. The Morgan fingerprint density at radius 1 is 1.45 bits per heavy atom. The summed E-state index contributed by atoms with van der Waals surface area (Å²) >= 11 is 0.